The van der Waals surface area contributed by atoms with E-state index in [-0.39, 0.29) is 6.61 Å². The molecule has 2 rings (SSSR count). The molecule has 0 aliphatic rings. The molecule has 4 heteroatoms. The summed E-state index contributed by atoms with van der Waals surface area (Å²) in [6.07, 6.45) is -0.579. The maximum atomic E-state index is 9.80. The minimum Gasteiger partial charge on any atom is -0.490 e. The Balaban J connectivity index is 2.03. The lowest BCUT2D eigenvalue weighted by molar-refractivity contribution is 0.115. The molecule has 0 fully saturated rings. The molecule has 102 valence electrons. The Morgan fingerprint density at radius 1 is 1.42 bits per heavy atom. The van der Waals surface area contributed by atoms with Gasteiger partial charge in [-0.25, -0.2) is 0 Å². The first-order valence-electron chi connectivity index (χ1n) is 6.43. The van der Waals surface area contributed by atoms with Gasteiger partial charge < -0.3 is 14.8 Å². The molecule has 0 aliphatic carbocycles. The molecule has 1 aromatic heterocycles. The molecule has 0 spiro atoms. The van der Waals surface area contributed by atoms with Crippen molar-refractivity contribution in [1.29, 1.82) is 0 Å². The lowest BCUT2D eigenvalue weighted by atomic mass is 10.2. The maximum absolute atomic E-state index is 9.80. The number of aliphatic imine (C=N–C) groups is 1. The molecular formula is C15H20N2O2. The monoisotopic (exact) mass is 260 g/mol. The summed E-state index contributed by atoms with van der Waals surface area (Å²) in [5.74, 6) is 0.790. The van der Waals surface area contributed by atoms with Gasteiger partial charge in [0.15, 0.2) is 0 Å². The predicted octanol–water partition coefficient (Wildman–Crippen LogP) is 2.70. The Bertz CT molecular complexity index is 583. The molecule has 1 atom stereocenters. The Morgan fingerprint density at radius 2 is 2.21 bits per heavy atom. The highest BCUT2D eigenvalue weighted by Gasteiger charge is 2.08. The lowest BCUT2D eigenvalue weighted by Gasteiger charge is -2.11. The Labute approximate surface area is 113 Å². The number of fused-ring (bicyclic) bond motifs is 1. The molecule has 0 radical (unpaired) electrons. The van der Waals surface area contributed by atoms with Crippen molar-refractivity contribution in [1.82, 2.24) is 4.98 Å². The van der Waals surface area contributed by atoms with Gasteiger partial charge in [0.1, 0.15) is 18.5 Å². The molecule has 0 saturated carbocycles. The number of nitrogens with zero attached hydrogens (tertiary/aromatic N) is 1. The number of hydrogen-bond acceptors (Lipinski definition) is 3. The zero-order valence-electron chi connectivity index (χ0n) is 11.6. The number of rotatable bonds is 5. The molecule has 1 heterocycles. The predicted molar refractivity (Wildman–Crippen MR) is 78.2 cm³/mol. The largest absolute Gasteiger partial charge is 0.490 e. The minimum atomic E-state index is -0.579. The Kier molecular flexibility index (Phi) is 4.22. The molecule has 4 nitrogen and oxygen atoms in total. The van der Waals surface area contributed by atoms with Crippen molar-refractivity contribution in [3.63, 3.8) is 0 Å². The van der Waals surface area contributed by atoms with Crippen LogP contribution in [0.4, 0.5) is 0 Å². The number of aromatic nitrogens is 1. The van der Waals surface area contributed by atoms with Crippen LogP contribution in [0.3, 0.4) is 0 Å². The highest BCUT2D eigenvalue weighted by atomic mass is 16.5. The van der Waals surface area contributed by atoms with Crippen molar-refractivity contribution in [2.45, 2.75) is 26.9 Å². The van der Waals surface area contributed by atoms with Crippen molar-refractivity contribution in [2.24, 2.45) is 4.99 Å². The number of aromatic amines is 1. The number of ether oxygens (including phenoxy) is 1. The second-order valence-electron chi connectivity index (χ2n) is 4.92. The number of benzene rings is 1. The van der Waals surface area contributed by atoms with E-state index < -0.39 is 6.10 Å². The van der Waals surface area contributed by atoms with Gasteiger partial charge in [0.25, 0.3) is 0 Å². The van der Waals surface area contributed by atoms with Gasteiger partial charge in [-0.2, -0.15) is 0 Å². The minimum absolute atomic E-state index is 0.250. The fourth-order valence-electron chi connectivity index (χ4n) is 1.92. The average molecular weight is 260 g/mol. The Hall–Kier alpha value is -1.81. The topological polar surface area (TPSA) is 57.6 Å². The van der Waals surface area contributed by atoms with Crippen molar-refractivity contribution >= 4 is 16.6 Å². The quantitative estimate of drug-likeness (QED) is 0.812. The van der Waals surface area contributed by atoms with Crippen molar-refractivity contribution < 1.29 is 9.84 Å². The third-order valence-electron chi connectivity index (χ3n) is 2.81. The molecular weight excluding hydrogens is 240 g/mol. The molecule has 0 aliphatic heterocycles. The normalized spacial score (nSPS) is 12.4. The summed E-state index contributed by atoms with van der Waals surface area (Å²) in [7, 11) is 0. The molecule has 0 amide bonds. The van der Waals surface area contributed by atoms with Crippen molar-refractivity contribution in [3.8, 4) is 5.75 Å². The second-order valence-corrected chi connectivity index (χ2v) is 4.92. The van der Waals surface area contributed by atoms with E-state index in [0.717, 1.165) is 28.1 Å². The molecule has 19 heavy (non-hydrogen) atoms. The molecule has 2 N–H and O–H groups in total. The van der Waals surface area contributed by atoms with Gasteiger partial charge in [0.2, 0.25) is 0 Å². The van der Waals surface area contributed by atoms with Gasteiger partial charge in [-0.15, -0.1) is 0 Å². The summed E-state index contributed by atoms with van der Waals surface area (Å²) in [6.45, 7) is 6.47. The van der Waals surface area contributed by atoms with Crippen LogP contribution in [0.5, 0.6) is 5.75 Å². The van der Waals surface area contributed by atoms with Gasteiger partial charge in [0, 0.05) is 22.3 Å². The summed E-state index contributed by atoms with van der Waals surface area (Å²) in [6, 6.07) is 7.91. The van der Waals surface area contributed by atoms with E-state index in [1.807, 2.05) is 45.0 Å². The van der Waals surface area contributed by atoms with Crippen LogP contribution in [0.25, 0.3) is 10.9 Å². The number of aryl methyl sites for hydroxylation is 1. The zero-order chi connectivity index (χ0) is 13.8. The number of H-pyrrole nitrogens is 1. The van der Waals surface area contributed by atoms with E-state index >= 15 is 0 Å². The zero-order valence-corrected chi connectivity index (χ0v) is 11.6. The summed E-state index contributed by atoms with van der Waals surface area (Å²) >= 11 is 0. The molecule has 0 saturated heterocycles. The van der Waals surface area contributed by atoms with Gasteiger partial charge in [-0.3, -0.25) is 4.99 Å². The summed E-state index contributed by atoms with van der Waals surface area (Å²) in [4.78, 5) is 7.45. The highest BCUT2D eigenvalue weighted by Crippen LogP contribution is 2.26. The van der Waals surface area contributed by atoms with Crippen LogP contribution in [0.2, 0.25) is 0 Å². The summed E-state index contributed by atoms with van der Waals surface area (Å²) < 4.78 is 5.69. The van der Waals surface area contributed by atoms with Crippen LogP contribution in [0.1, 0.15) is 19.5 Å². The number of nitrogens with one attached hydrogen (secondary N) is 1. The van der Waals surface area contributed by atoms with E-state index in [2.05, 4.69) is 9.98 Å². The van der Waals surface area contributed by atoms with Crippen molar-refractivity contribution in [2.75, 3.05) is 13.2 Å². The second kappa shape index (κ2) is 5.89. The average Bonchev–Trinajstić information content (AvgIpc) is 2.74. The molecule has 2 aromatic rings. The van der Waals surface area contributed by atoms with Crippen LogP contribution in [0.15, 0.2) is 29.3 Å². The first-order chi connectivity index (χ1) is 9.06. The molecule has 1 aromatic carbocycles. The van der Waals surface area contributed by atoms with E-state index in [1.54, 1.807) is 0 Å². The molecule has 0 bridgehead atoms. The van der Waals surface area contributed by atoms with Crippen LogP contribution >= 0.6 is 0 Å². The fraction of sp³-hybridized carbons (Fsp3) is 0.400. The van der Waals surface area contributed by atoms with Gasteiger partial charge in [-0.05, 0) is 39.0 Å². The summed E-state index contributed by atoms with van der Waals surface area (Å²) in [5.41, 5.74) is 3.10. The number of aliphatic hydroxyl groups excluding tert-OH is 1. The third-order valence-corrected chi connectivity index (χ3v) is 2.81. The highest BCUT2D eigenvalue weighted by molar-refractivity contribution is 5.86. The lowest BCUT2D eigenvalue weighted by Crippen LogP contribution is -2.21. The fourth-order valence-corrected chi connectivity index (χ4v) is 1.92. The molecule has 1 unspecified atom stereocenters. The van der Waals surface area contributed by atoms with Crippen molar-refractivity contribution in [3.05, 3.63) is 30.0 Å². The van der Waals surface area contributed by atoms with E-state index in [4.69, 9.17) is 4.74 Å². The van der Waals surface area contributed by atoms with E-state index in [1.165, 1.54) is 0 Å². The third kappa shape index (κ3) is 3.58. The number of aliphatic hydroxyl groups is 1. The first kappa shape index (κ1) is 13.6. The van der Waals surface area contributed by atoms with E-state index in [0.29, 0.717) is 6.54 Å². The standard InChI is InChI=1S/C15H20N2O2/c1-10(2)16-8-12(18)9-19-15-6-4-5-14-13(15)7-11(3)17-14/h4-7,12,17-18H,8-9H2,1-3H3. The Morgan fingerprint density at radius 3 is 2.95 bits per heavy atom. The van der Waals surface area contributed by atoms with Crippen LogP contribution in [0, 0.1) is 6.92 Å². The van der Waals surface area contributed by atoms with Crippen LogP contribution < -0.4 is 4.74 Å². The van der Waals surface area contributed by atoms with Crippen LogP contribution in [-0.4, -0.2) is 35.1 Å². The van der Waals surface area contributed by atoms with Gasteiger partial charge in [-0.1, -0.05) is 6.07 Å². The van der Waals surface area contributed by atoms with Gasteiger partial charge >= 0.3 is 0 Å². The maximum Gasteiger partial charge on any atom is 0.128 e. The summed E-state index contributed by atoms with van der Waals surface area (Å²) in [5, 5.41) is 10.8. The number of hydrogen-bond donors (Lipinski definition) is 2. The van der Waals surface area contributed by atoms with Crippen LogP contribution in [-0.2, 0) is 0 Å². The van der Waals surface area contributed by atoms with Gasteiger partial charge in [0.05, 0.1) is 6.54 Å². The first-order valence-corrected chi connectivity index (χ1v) is 6.43. The van der Waals surface area contributed by atoms with E-state index in [9.17, 15) is 5.11 Å². The smallest absolute Gasteiger partial charge is 0.128 e. The SMILES string of the molecule is CC(C)=NCC(O)COc1cccc2[nH]c(C)cc12.